The van der Waals surface area contributed by atoms with Crippen molar-refractivity contribution in [1.29, 1.82) is 0 Å². The Morgan fingerprint density at radius 2 is 1.75 bits per heavy atom. The first-order valence-corrected chi connectivity index (χ1v) is 8.26. The van der Waals surface area contributed by atoms with Crippen LogP contribution in [0.4, 0.5) is 0 Å². The lowest BCUT2D eigenvalue weighted by atomic mass is 10.1. The molecule has 4 rings (SSSR count). The lowest BCUT2D eigenvalue weighted by molar-refractivity contribution is -0.129. The number of hydrogen-bond donors (Lipinski definition) is 0. The summed E-state index contributed by atoms with van der Waals surface area (Å²) in [5.74, 6) is -0.105. The summed E-state index contributed by atoms with van der Waals surface area (Å²) >= 11 is 3.41. The Kier molecular flexibility index (Phi) is 3.75. The van der Waals surface area contributed by atoms with E-state index in [4.69, 9.17) is 4.74 Å². The van der Waals surface area contributed by atoms with E-state index >= 15 is 0 Å². The second-order valence-electron chi connectivity index (χ2n) is 5.45. The minimum Gasteiger partial charge on any atom is -0.402 e. The molecule has 3 aromatic rings. The zero-order valence-corrected chi connectivity index (χ0v) is 14.2. The maximum Gasteiger partial charge on any atom is 0.363 e. The standard InChI is InChI=1S/C20H12BrNO2/c21-17-7-3-6-16(12-17)19-22-18(20(23)24-19)11-13-8-9-14-4-1-2-5-15(14)10-13/h1-12H. The van der Waals surface area contributed by atoms with E-state index in [1.165, 1.54) is 0 Å². The van der Waals surface area contributed by atoms with Crippen LogP contribution in [0.2, 0.25) is 0 Å². The SMILES string of the molecule is O=C1OC(c2cccc(Br)c2)=NC1=Cc1ccc2ccccc2c1. The molecule has 1 heterocycles. The molecule has 0 atom stereocenters. The lowest BCUT2D eigenvalue weighted by Gasteiger charge is -1.99. The van der Waals surface area contributed by atoms with Crippen LogP contribution in [0, 0.1) is 0 Å². The van der Waals surface area contributed by atoms with Gasteiger partial charge in [0, 0.05) is 10.0 Å². The van der Waals surface area contributed by atoms with E-state index in [0.717, 1.165) is 26.4 Å². The fourth-order valence-corrected chi connectivity index (χ4v) is 3.01. The third-order valence-electron chi connectivity index (χ3n) is 3.77. The summed E-state index contributed by atoms with van der Waals surface area (Å²) in [7, 11) is 0. The van der Waals surface area contributed by atoms with Crippen LogP contribution in [0.25, 0.3) is 16.8 Å². The third-order valence-corrected chi connectivity index (χ3v) is 4.26. The van der Waals surface area contributed by atoms with Crippen molar-refractivity contribution in [2.45, 2.75) is 0 Å². The number of halogens is 1. The van der Waals surface area contributed by atoms with Crippen LogP contribution in [-0.2, 0) is 9.53 Å². The monoisotopic (exact) mass is 377 g/mol. The average molecular weight is 378 g/mol. The topological polar surface area (TPSA) is 38.7 Å². The highest BCUT2D eigenvalue weighted by atomic mass is 79.9. The molecule has 0 aromatic heterocycles. The first kappa shape index (κ1) is 14.8. The number of carbonyl (C=O) groups excluding carboxylic acids is 1. The smallest absolute Gasteiger partial charge is 0.363 e. The summed E-state index contributed by atoms with van der Waals surface area (Å²) in [6.07, 6.45) is 1.75. The lowest BCUT2D eigenvalue weighted by Crippen LogP contribution is -2.05. The van der Waals surface area contributed by atoms with Gasteiger partial charge < -0.3 is 4.74 Å². The van der Waals surface area contributed by atoms with Gasteiger partial charge in [-0.3, -0.25) is 0 Å². The first-order chi connectivity index (χ1) is 11.7. The van der Waals surface area contributed by atoms with Crippen molar-refractivity contribution in [1.82, 2.24) is 0 Å². The zero-order chi connectivity index (χ0) is 16.5. The molecule has 0 spiro atoms. The molecule has 0 radical (unpaired) electrons. The molecule has 0 bridgehead atoms. The van der Waals surface area contributed by atoms with Crippen LogP contribution in [0.15, 0.2) is 81.9 Å². The predicted octanol–water partition coefficient (Wildman–Crippen LogP) is 4.95. The quantitative estimate of drug-likeness (QED) is 0.468. The van der Waals surface area contributed by atoms with Gasteiger partial charge in [-0.05, 0) is 46.7 Å². The normalized spacial score (nSPS) is 15.6. The molecule has 3 nitrogen and oxygen atoms in total. The highest BCUT2D eigenvalue weighted by molar-refractivity contribution is 9.10. The van der Waals surface area contributed by atoms with Gasteiger partial charge in [0.2, 0.25) is 5.90 Å². The van der Waals surface area contributed by atoms with E-state index in [2.05, 4.69) is 27.0 Å². The largest absolute Gasteiger partial charge is 0.402 e. The molecule has 0 saturated carbocycles. The van der Waals surface area contributed by atoms with E-state index in [1.54, 1.807) is 6.08 Å². The molecule has 0 unspecified atom stereocenters. The Morgan fingerprint density at radius 3 is 2.58 bits per heavy atom. The number of cyclic esters (lactones) is 1. The van der Waals surface area contributed by atoms with Gasteiger partial charge >= 0.3 is 5.97 Å². The summed E-state index contributed by atoms with van der Waals surface area (Å²) in [6, 6.07) is 21.6. The molecule has 1 aliphatic heterocycles. The Hall–Kier alpha value is -2.72. The minimum absolute atomic E-state index is 0.306. The Bertz CT molecular complexity index is 1020. The molecule has 1 aliphatic rings. The summed E-state index contributed by atoms with van der Waals surface area (Å²) in [5.41, 5.74) is 1.99. The minimum atomic E-state index is -0.432. The van der Waals surface area contributed by atoms with Crippen LogP contribution in [-0.4, -0.2) is 11.9 Å². The van der Waals surface area contributed by atoms with E-state index in [9.17, 15) is 4.79 Å². The van der Waals surface area contributed by atoms with Crippen molar-refractivity contribution in [2.75, 3.05) is 0 Å². The Labute approximate surface area is 147 Å². The van der Waals surface area contributed by atoms with Gasteiger partial charge in [0.05, 0.1) is 0 Å². The molecule has 0 amide bonds. The molecular weight excluding hydrogens is 366 g/mol. The second kappa shape index (κ2) is 6.06. The summed E-state index contributed by atoms with van der Waals surface area (Å²) in [5, 5.41) is 2.28. The third kappa shape index (κ3) is 2.88. The number of nitrogens with zero attached hydrogens (tertiary/aromatic N) is 1. The number of carbonyl (C=O) groups is 1. The molecule has 0 aliphatic carbocycles. The summed E-state index contributed by atoms with van der Waals surface area (Å²) < 4.78 is 6.20. The van der Waals surface area contributed by atoms with E-state index in [0.29, 0.717) is 11.6 Å². The van der Waals surface area contributed by atoms with Crippen LogP contribution in [0.5, 0.6) is 0 Å². The Balaban J connectivity index is 1.71. The van der Waals surface area contributed by atoms with Crippen LogP contribution >= 0.6 is 15.9 Å². The number of rotatable bonds is 2. The highest BCUT2D eigenvalue weighted by Crippen LogP contribution is 2.23. The van der Waals surface area contributed by atoms with Gasteiger partial charge in [0.15, 0.2) is 5.70 Å². The second-order valence-corrected chi connectivity index (χ2v) is 6.37. The maximum atomic E-state index is 12.1. The van der Waals surface area contributed by atoms with Crippen molar-refractivity contribution >= 4 is 44.6 Å². The molecule has 116 valence electrons. The fraction of sp³-hybridized carbons (Fsp3) is 0. The first-order valence-electron chi connectivity index (χ1n) is 7.46. The van der Waals surface area contributed by atoms with Gasteiger partial charge in [-0.15, -0.1) is 0 Å². The van der Waals surface area contributed by atoms with Gasteiger partial charge in [-0.1, -0.05) is 58.4 Å². The molecule has 4 heteroatoms. The molecule has 0 N–H and O–H groups in total. The van der Waals surface area contributed by atoms with Crippen molar-refractivity contribution in [3.63, 3.8) is 0 Å². The number of esters is 1. The van der Waals surface area contributed by atoms with Crippen molar-refractivity contribution in [3.05, 3.63) is 88.0 Å². The number of benzene rings is 3. The van der Waals surface area contributed by atoms with E-state index < -0.39 is 5.97 Å². The summed E-state index contributed by atoms with van der Waals surface area (Å²) in [6.45, 7) is 0. The number of ether oxygens (including phenoxy) is 1. The molecular formula is C20H12BrNO2. The molecule has 3 aromatic carbocycles. The van der Waals surface area contributed by atoms with E-state index in [1.807, 2.05) is 60.7 Å². The fourth-order valence-electron chi connectivity index (χ4n) is 2.61. The predicted molar refractivity (Wildman–Crippen MR) is 98.7 cm³/mol. The summed E-state index contributed by atoms with van der Waals surface area (Å²) in [4.78, 5) is 16.4. The van der Waals surface area contributed by atoms with Gasteiger partial charge in [0.25, 0.3) is 0 Å². The molecule has 24 heavy (non-hydrogen) atoms. The number of hydrogen-bond acceptors (Lipinski definition) is 3. The maximum absolute atomic E-state index is 12.1. The van der Waals surface area contributed by atoms with Crippen molar-refractivity contribution < 1.29 is 9.53 Å². The highest BCUT2D eigenvalue weighted by Gasteiger charge is 2.24. The van der Waals surface area contributed by atoms with Crippen molar-refractivity contribution in [3.8, 4) is 0 Å². The Morgan fingerprint density at radius 1 is 0.917 bits per heavy atom. The van der Waals surface area contributed by atoms with Gasteiger partial charge in [-0.2, -0.15) is 0 Å². The number of fused-ring (bicyclic) bond motifs is 1. The zero-order valence-electron chi connectivity index (χ0n) is 12.6. The van der Waals surface area contributed by atoms with Gasteiger partial charge in [-0.25, -0.2) is 9.79 Å². The van der Waals surface area contributed by atoms with Gasteiger partial charge in [0.1, 0.15) is 0 Å². The average Bonchev–Trinajstić information content (AvgIpc) is 2.96. The molecule has 0 fully saturated rings. The number of aliphatic imine (C=N–C) groups is 1. The van der Waals surface area contributed by atoms with Crippen molar-refractivity contribution in [2.24, 2.45) is 4.99 Å². The van der Waals surface area contributed by atoms with Crippen LogP contribution in [0.1, 0.15) is 11.1 Å². The molecule has 0 saturated heterocycles. The van der Waals surface area contributed by atoms with Crippen LogP contribution in [0.3, 0.4) is 0 Å². The van der Waals surface area contributed by atoms with Crippen LogP contribution < -0.4 is 0 Å². The van der Waals surface area contributed by atoms with E-state index in [-0.39, 0.29) is 0 Å².